The number of aryl methyl sites for hydroxylation is 1. The molecule has 47 heavy (non-hydrogen) atoms. The number of likely N-dealkylation sites (tertiary alicyclic amines) is 1. The lowest BCUT2D eigenvalue weighted by atomic mass is 9.90. The topological polar surface area (TPSA) is 88.5 Å². The quantitative estimate of drug-likeness (QED) is 0.179. The van der Waals surface area contributed by atoms with Crippen LogP contribution in [0.25, 0.3) is 5.69 Å². The van der Waals surface area contributed by atoms with Gasteiger partial charge in [-0.3, -0.25) is 15.0 Å². The number of ketones is 1. The molecule has 1 saturated heterocycles. The van der Waals surface area contributed by atoms with Crippen molar-refractivity contribution in [3.05, 3.63) is 101 Å². The summed E-state index contributed by atoms with van der Waals surface area (Å²) < 4.78 is 42.8. The Kier molecular flexibility index (Phi) is 10.0. The fourth-order valence-corrected chi connectivity index (χ4v) is 5.59. The van der Waals surface area contributed by atoms with Gasteiger partial charge in [0.05, 0.1) is 17.9 Å². The highest BCUT2D eigenvalue weighted by atomic mass is 19.4. The molecule has 3 aromatic carbocycles. The average Bonchev–Trinajstić information content (AvgIpc) is 3.42. The van der Waals surface area contributed by atoms with Crippen LogP contribution in [0.2, 0.25) is 0 Å². The second-order valence-electron chi connectivity index (χ2n) is 13.1. The molecule has 11 heteroatoms. The summed E-state index contributed by atoms with van der Waals surface area (Å²) in [5.74, 6) is 0.500. The van der Waals surface area contributed by atoms with Crippen molar-refractivity contribution in [1.82, 2.24) is 14.7 Å². The number of anilines is 2. The first-order chi connectivity index (χ1) is 22.2. The minimum atomic E-state index is -4.77. The zero-order chi connectivity index (χ0) is 33.8. The number of aromatic nitrogens is 2. The van der Waals surface area contributed by atoms with Crippen LogP contribution in [0.15, 0.2) is 78.9 Å². The molecule has 0 atom stereocenters. The van der Waals surface area contributed by atoms with E-state index in [4.69, 9.17) is 5.10 Å². The lowest BCUT2D eigenvalue weighted by Gasteiger charge is -2.31. The van der Waals surface area contributed by atoms with E-state index in [0.717, 1.165) is 67.0 Å². The summed E-state index contributed by atoms with van der Waals surface area (Å²) in [6, 6.07) is 22.4. The molecule has 1 aliphatic heterocycles. The van der Waals surface area contributed by atoms with Crippen LogP contribution >= 0.6 is 0 Å². The van der Waals surface area contributed by atoms with Crippen molar-refractivity contribution in [2.24, 2.45) is 5.92 Å². The molecule has 0 saturated carbocycles. The zero-order valence-electron chi connectivity index (χ0n) is 27.0. The largest absolute Gasteiger partial charge is 0.573 e. The molecule has 2 amide bonds. The number of amides is 2. The minimum absolute atomic E-state index is 0.143. The van der Waals surface area contributed by atoms with Crippen LogP contribution in [0.4, 0.5) is 29.5 Å². The molecule has 1 aromatic heterocycles. The summed E-state index contributed by atoms with van der Waals surface area (Å²) in [6.45, 7) is 9.97. The molecule has 2 heterocycles. The number of urea groups is 1. The molecular formula is C36H40F3N5O3. The Balaban J connectivity index is 1.13. The maximum atomic E-state index is 13.1. The maximum absolute atomic E-state index is 13.1. The molecule has 248 valence electrons. The molecule has 4 aromatic rings. The van der Waals surface area contributed by atoms with Crippen LogP contribution in [-0.2, 0) is 11.8 Å². The fraction of sp³-hybridized carbons (Fsp3) is 0.361. The lowest BCUT2D eigenvalue weighted by molar-refractivity contribution is -0.274. The fourth-order valence-electron chi connectivity index (χ4n) is 5.59. The summed E-state index contributed by atoms with van der Waals surface area (Å²) in [4.78, 5) is 27.9. The number of hydrogen-bond donors (Lipinski definition) is 2. The van der Waals surface area contributed by atoms with Gasteiger partial charge < -0.3 is 10.1 Å². The van der Waals surface area contributed by atoms with E-state index in [0.29, 0.717) is 23.0 Å². The Hall–Kier alpha value is -4.64. The Morgan fingerprint density at radius 3 is 2.23 bits per heavy atom. The van der Waals surface area contributed by atoms with E-state index in [-0.39, 0.29) is 29.5 Å². The van der Waals surface area contributed by atoms with Gasteiger partial charge in [-0.05, 0) is 99.3 Å². The number of Topliss-reactive ketones (excluding diaryl/α,β-unsaturated/α-hetero) is 1. The smallest absolute Gasteiger partial charge is 0.406 e. The Morgan fingerprint density at radius 2 is 1.60 bits per heavy atom. The van der Waals surface area contributed by atoms with Crippen LogP contribution in [0.5, 0.6) is 5.75 Å². The molecule has 0 unspecified atom stereocenters. The van der Waals surface area contributed by atoms with Gasteiger partial charge >= 0.3 is 12.4 Å². The van der Waals surface area contributed by atoms with E-state index in [1.54, 1.807) is 4.68 Å². The van der Waals surface area contributed by atoms with Crippen LogP contribution < -0.4 is 15.4 Å². The van der Waals surface area contributed by atoms with E-state index in [1.807, 2.05) is 61.5 Å². The third kappa shape index (κ3) is 9.45. The number of ether oxygens (including phenoxy) is 1. The second kappa shape index (κ2) is 14.0. The first-order valence-electron chi connectivity index (χ1n) is 15.7. The molecule has 0 bridgehead atoms. The Bertz CT molecular complexity index is 1680. The number of piperidine rings is 1. The van der Waals surface area contributed by atoms with Crippen molar-refractivity contribution in [3.63, 3.8) is 0 Å². The van der Waals surface area contributed by atoms with Gasteiger partial charge in [-0.2, -0.15) is 5.10 Å². The van der Waals surface area contributed by atoms with E-state index in [1.165, 1.54) is 12.1 Å². The number of halogens is 3. The molecule has 1 aliphatic rings. The van der Waals surface area contributed by atoms with Gasteiger partial charge in [-0.15, -0.1) is 13.2 Å². The number of nitrogens with zero attached hydrogens (tertiary/aromatic N) is 3. The third-order valence-electron chi connectivity index (χ3n) is 8.19. The number of carbonyl (C=O) groups excluding carboxylic acids is 2. The molecule has 5 rings (SSSR count). The van der Waals surface area contributed by atoms with E-state index in [9.17, 15) is 22.8 Å². The van der Waals surface area contributed by atoms with Gasteiger partial charge in [-0.25, -0.2) is 9.48 Å². The summed E-state index contributed by atoms with van der Waals surface area (Å²) in [5.41, 5.74) is 4.80. The number of alkyl halides is 3. The van der Waals surface area contributed by atoms with E-state index < -0.39 is 6.36 Å². The predicted octanol–water partition coefficient (Wildman–Crippen LogP) is 8.16. The molecule has 2 N–H and O–H groups in total. The lowest BCUT2D eigenvalue weighted by Crippen LogP contribution is -2.37. The predicted molar refractivity (Wildman–Crippen MR) is 176 cm³/mol. The number of rotatable bonds is 9. The van der Waals surface area contributed by atoms with Crippen molar-refractivity contribution >= 4 is 23.3 Å². The Morgan fingerprint density at radius 1 is 0.915 bits per heavy atom. The van der Waals surface area contributed by atoms with E-state index >= 15 is 0 Å². The number of nitrogens with one attached hydrogen (secondary N) is 2. The molecule has 0 spiro atoms. The number of hydrogen-bond acceptors (Lipinski definition) is 5. The normalized spacial score (nSPS) is 14.5. The van der Waals surface area contributed by atoms with Gasteiger partial charge in [-0.1, -0.05) is 50.6 Å². The maximum Gasteiger partial charge on any atom is 0.573 e. The molecule has 0 aliphatic carbocycles. The van der Waals surface area contributed by atoms with Gasteiger partial charge in [0.1, 0.15) is 11.6 Å². The first kappa shape index (κ1) is 33.7. The van der Waals surface area contributed by atoms with Gasteiger partial charge in [0.2, 0.25) is 0 Å². The van der Waals surface area contributed by atoms with Crippen LogP contribution in [0, 0.1) is 12.8 Å². The highest BCUT2D eigenvalue weighted by Crippen LogP contribution is 2.28. The second-order valence-corrected chi connectivity index (χ2v) is 13.1. The highest BCUT2D eigenvalue weighted by Gasteiger charge is 2.31. The summed E-state index contributed by atoms with van der Waals surface area (Å²) in [5, 5.41) is 10.7. The summed E-state index contributed by atoms with van der Waals surface area (Å²) in [6.07, 6.45) is -2.12. The van der Waals surface area contributed by atoms with Crippen molar-refractivity contribution in [2.75, 3.05) is 30.3 Å². The van der Waals surface area contributed by atoms with E-state index in [2.05, 4.69) is 41.0 Å². The zero-order valence-corrected chi connectivity index (χ0v) is 27.0. The van der Waals surface area contributed by atoms with Crippen LogP contribution in [0.1, 0.15) is 60.8 Å². The number of benzene rings is 3. The summed E-state index contributed by atoms with van der Waals surface area (Å²) in [7, 11) is 0. The average molecular weight is 648 g/mol. The van der Waals surface area contributed by atoms with Crippen molar-refractivity contribution in [3.8, 4) is 11.4 Å². The molecular weight excluding hydrogens is 607 g/mol. The highest BCUT2D eigenvalue weighted by molar-refractivity contribution is 5.99. The monoisotopic (exact) mass is 647 g/mol. The molecule has 8 nitrogen and oxygen atoms in total. The first-order valence-corrected chi connectivity index (χ1v) is 15.7. The van der Waals surface area contributed by atoms with Gasteiger partial charge in [0, 0.05) is 22.7 Å². The molecule has 0 radical (unpaired) electrons. The van der Waals surface area contributed by atoms with Gasteiger partial charge in [0.25, 0.3) is 0 Å². The minimum Gasteiger partial charge on any atom is -0.406 e. The SMILES string of the molecule is Cc1ccc(-n2nc(C(C)(C)C)cc2NC(=O)Nc2cccc(CC3CCN(CC(=O)c4ccc(OC(F)(F)F)cc4)CC3)c2)cc1. The van der Waals surface area contributed by atoms with Crippen LogP contribution in [-0.4, -0.2) is 52.5 Å². The van der Waals surface area contributed by atoms with Gasteiger partial charge in [0.15, 0.2) is 5.78 Å². The van der Waals surface area contributed by atoms with Crippen LogP contribution in [0.3, 0.4) is 0 Å². The third-order valence-corrected chi connectivity index (χ3v) is 8.19. The number of carbonyl (C=O) groups is 2. The molecule has 1 fully saturated rings. The Labute approximate surface area is 272 Å². The standard InChI is InChI=1S/C36H40F3N5O3/c1-24-8-12-29(13-9-24)44-33(22-32(42-44)35(2,3)4)41-34(46)40-28-7-5-6-26(21-28)20-25-16-18-43(19-17-25)23-31(45)27-10-14-30(15-11-27)47-36(37,38)39/h5-15,21-22,25H,16-20,23H2,1-4H3,(H2,40,41,46). The summed E-state index contributed by atoms with van der Waals surface area (Å²) >= 11 is 0. The van der Waals surface area contributed by atoms with Crippen molar-refractivity contribution in [2.45, 2.75) is 58.7 Å². The van der Waals surface area contributed by atoms with Crippen molar-refractivity contribution in [1.29, 1.82) is 0 Å². The van der Waals surface area contributed by atoms with Crippen molar-refractivity contribution < 1.29 is 27.5 Å².